The fourth-order valence-electron chi connectivity index (χ4n) is 2.78. The predicted octanol–water partition coefficient (Wildman–Crippen LogP) is 4.60. The molecule has 130 valence electrons. The lowest BCUT2D eigenvalue weighted by Gasteiger charge is -2.08. The predicted molar refractivity (Wildman–Crippen MR) is 105 cm³/mol. The van der Waals surface area contributed by atoms with Crippen LogP contribution < -0.4 is 10.1 Å². The fraction of sp³-hybridized carbons (Fsp3) is 0.100. The van der Waals surface area contributed by atoms with Gasteiger partial charge in [0.25, 0.3) is 0 Å². The molecule has 0 spiro atoms. The van der Waals surface area contributed by atoms with Gasteiger partial charge in [-0.15, -0.1) is 11.3 Å². The third-order valence-electron chi connectivity index (χ3n) is 4.08. The summed E-state index contributed by atoms with van der Waals surface area (Å²) >= 11 is 1.58. The number of ether oxygens (including phenoxy) is 1. The van der Waals surface area contributed by atoms with E-state index in [1.54, 1.807) is 24.8 Å². The Morgan fingerprint density at radius 3 is 2.69 bits per heavy atom. The summed E-state index contributed by atoms with van der Waals surface area (Å²) in [7, 11) is 1.63. The quantitative estimate of drug-likeness (QED) is 0.542. The van der Waals surface area contributed by atoms with Crippen LogP contribution in [0.4, 0.5) is 11.5 Å². The van der Waals surface area contributed by atoms with E-state index in [1.807, 2.05) is 48.5 Å². The number of aliphatic hydroxyl groups excluding tert-OH is 1. The zero-order valence-electron chi connectivity index (χ0n) is 14.1. The lowest BCUT2D eigenvalue weighted by molar-refractivity contribution is 0.281. The molecule has 2 aromatic heterocycles. The topological polar surface area (TPSA) is 67.3 Å². The van der Waals surface area contributed by atoms with Crippen LogP contribution in [-0.2, 0) is 6.61 Å². The molecule has 26 heavy (non-hydrogen) atoms. The number of aliphatic hydroxyl groups is 1. The van der Waals surface area contributed by atoms with Crippen molar-refractivity contribution >= 4 is 33.1 Å². The number of nitrogens with one attached hydrogen (secondary N) is 1. The van der Waals surface area contributed by atoms with Gasteiger partial charge in [-0.3, -0.25) is 0 Å². The van der Waals surface area contributed by atoms with Crippen LogP contribution in [0.5, 0.6) is 5.75 Å². The van der Waals surface area contributed by atoms with Gasteiger partial charge in [-0.2, -0.15) is 0 Å². The summed E-state index contributed by atoms with van der Waals surface area (Å²) in [6, 6.07) is 17.7. The van der Waals surface area contributed by atoms with E-state index in [1.165, 1.54) is 0 Å². The summed E-state index contributed by atoms with van der Waals surface area (Å²) in [4.78, 5) is 10.7. The Morgan fingerprint density at radius 1 is 1.08 bits per heavy atom. The average Bonchev–Trinajstić information content (AvgIpc) is 3.13. The van der Waals surface area contributed by atoms with Crippen LogP contribution in [0.2, 0.25) is 0 Å². The van der Waals surface area contributed by atoms with Crippen molar-refractivity contribution in [2.24, 2.45) is 0 Å². The molecular weight excluding hydrogens is 346 g/mol. The minimum absolute atomic E-state index is 0.0142. The van der Waals surface area contributed by atoms with E-state index in [2.05, 4.69) is 21.4 Å². The number of anilines is 2. The highest BCUT2D eigenvalue weighted by molar-refractivity contribution is 7.22. The maximum atomic E-state index is 9.33. The van der Waals surface area contributed by atoms with Gasteiger partial charge in [0.1, 0.15) is 22.7 Å². The van der Waals surface area contributed by atoms with Crippen molar-refractivity contribution in [2.75, 3.05) is 12.4 Å². The minimum Gasteiger partial charge on any atom is -0.496 e. The van der Waals surface area contributed by atoms with Crippen LogP contribution in [0.25, 0.3) is 20.7 Å². The van der Waals surface area contributed by atoms with Gasteiger partial charge in [0.15, 0.2) is 0 Å². The summed E-state index contributed by atoms with van der Waals surface area (Å²) in [5.41, 5.74) is 2.77. The molecule has 0 saturated carbocycles. The molecule has 6 heteroatoms. The molecule has 4 aromatic rings. The number of nitrogens with zero attached hydrogens (tertiary/aromatic N) is 2. The molecule has 4 rings (SSSR count). The second-order valence-electron chi connectivity index (χ2n) is 5.74. The highest BCUT2D eigenvalue weighted by Crippen LogP contribution is 2.40. The highest BCUT2D eigenvalue weighted by atomic mass is 32.1. The Kier molecular flexibility index (Phi) is 4.51. The van der Waals surface area contributed by atoms with Crippen LogP contribution in [0.15, 0.2) is 60.9 Å². The van der Waals surface area contributed by atoms with Crippen molar-refractivity contribution in [1.29, 1.82) is 0 Å². The molecule has 0 saturated heterocycles. The van der Waals surface area contributed by atoms with Crippen LogP contribution in [0.1, 0.15) is 5.56 Å². The number of thiophene rings is 1. The number of hydrogen-bond donors (Lipinski definition) is 2. The molecule has 0 unspecified atom stereocenters. The first-order valence-corrected chi connectivity index (χ1v) is 8.95. The molecule has 0 aliphatic carbocycles. The van der Waals surface area contributed by atoms with E-state index in [4.69, 9.17) is 4.74 Å². The van der Waals surface area contributed by atoms with Gasteiger partial charge in [-0.05, 0) is 35.9 Å². The number of benzene rings is 2. The maximum Gasteiger partial charge on any atom is 0.142 e. The van der Waals surface area contributed by atoms with E-state index in [-0.39, 0.29) is 6.61 Å². The fourth-order valence-corrected chi connectivity index (χ4v) is 3.81. The first kappa shape index (κ1) is 16.5. The summed E-state index contributed by atoms with van der Waals surface area (Å²) in [6.45, 7) is -0.0142. The first-order valence-electron chi connectivity index (χ1n) is 8.13. The van der Waals surface area contributed by atoms with Gasteiger partial charge in [0.2, 0.25) is 0 Å². The van der Waals surface area contributed by atoms with Crippen molar-refractivity contribution in [3.8, 4) is 16.2 Å². The lowest BCUT2D eigenvalue weighted by Crippen LogP contribution is -1.94. The number of rotatable bonds is 5. The first-order chi connectivity index (χ1) is 12.8. The summed E-state index contributed by atoms with van der Waals surface area (Å²) in [5, 5.41) is 13.6. The second-order valence-corrected chi connectivity index (χ2v) is 6.77. The number of hydrogen-bond acceptors (Lipinski definition) is 6. The van der Waals surface area contributed by atoms with Gasteiger partial charge in [0, 0.05) is 16.1 Å². The van der Waals surface area contributed by atoms with Crippen molar-refractivity contribution < 1.29 is 9.84 Å². The Hall–Kier alpha value is -2.96. The van der Waals surface area contributed by atoms with Crippen molar-refractivity contribution in [3.63, 3.8) is 0 Å². The molecule has 2 aromatic carbocycles. The average molecular weight is 363 g/mol. The third kappa shape index (κ3) is 3.12. The number of para-hydroxylation sites is 1. The largest absolute Gasteiger partial charge is 0.496 e. The van der Waals surface area contributed by atoms with Crippen molar-refractivity contribution in [1.82, 2.24) is 9.97 Å². The van der Waals surface area contributed by atoms with Crippen molar-refractivity contribution in [2.45, 2.75) is 6.61 Å². The molecule has 0 radical (unpaired) electrons. The molecule has 0 fully saturated rings. The SMILES string of the molecule is COc1cc(CO)ccc1-c1cc2c(Nc3ccccc3)ncnc2s1. The van der Waals surface area contributed by atoms with E-state index >= 15 is 0 Å². The van der Waals surface area contributed by atoms with Crippen molar-refractivity contribution in [3.05, 3.63) is 66.5 Å². The molecule has 5 nitrogen and oxygen atoms in total. The van der Waals surface area contributed by atoms with E-state index in [9.17, 15) is 5.11 Å². The van der Waals surface area contributed by atoms with E-state index in [0.29, 0.717) is 0 Å². The normalized spacial score (nSPS) is 10.8. The third-order valence-corrected chi connectivity index (χ3v) is 5.16. The molecule has 2 N–H and O–H groups in total. The molecule has 2 heterocycles. The van der Waals surface area contributed by atoms with E-state index < -0.39 is 0 Å². The Bertz CT molecular complexity index is 1050. The van der Waals surface area contributed by atoms with Gasteiger partial charge in [-0.1, -0.05) is 24.3 Å². The molecule has 0 aliphatic rings. The Labute approximate surface area is 154 Å². The van der Waals surface area contributed by atoms with Gasteiger partial charge in [0.05, 0.1) is 19.1 Å². The number of aromatic nitrogens is 2. The summed E-state index contributed by atoms with van der Waals surface area (Å²) in [5.74, 6) is 1.50. The van der Waals surface area contributed by atoms with Gasteiger partial charge in [-0.25, -0.2) is 9.97 Å². The molecule has 0 amide bonds. The molecule has 0 aliphatic heterocycles. The molecular formula is C20H17N3O2S. The Morgan fingerprint density at radius 2 is 1.92 bits per heavy atom. The van der Waals surface area contributed by atoms with Crippen LogP contribution >= 0.6 is 11.3 Å². The zero-order valence-corrected chi connectivity index (χ0v) is 15.0. The summed E-state index contributed by atoms with van der Waals surface area (Å²) in [6.07, 6.45) is 1.57. The van der Waals surface area contributed by atoms with Crippen LogP contribution in [0, 0.1) is 0 Å². The van der Waals surface area contributed by atoms with E-state index in [0.717, 1.165) is 43.5 Å². The molecule has 0 bridgehead atoms. The Balaban J connectivity index is 1.78. The number of methoxy groups -OCH3 is 1. The lowest BCUT2D eigenvalue weighted by atomic mass is 10.1. The molecule has 0 atom stereocenters. The maximum absolute atomic E-state index is 9.33. The zero-order chi connectivity index (χ0) is 17.9. The smallest absolute Gasteiger partial charge is 0.142 e. The standard InChI is InChI=1S/C20H17N3O2S/c1-25-17-9-13(11-24)7-8-15(17)18-10-16-19(21-12-22-20(16)26-18)23-14-5-3-2-4-6-14/h2-10,12,24H,11H2,1H3,(H,21,22,23). The monoisotopic (exact) mass is 363 g/mol. The van der Waals surface area contributed by atoms with Crippen LogP contribution in [0.3, 0.4) is 0 Å². The van der Waals surface area contributed by atoms with Gasteiger partial charge >= 0.3 is 0 Å². The van der Waals surface area contributed by atoms with Gasteiger partial charge < -0.3 is 15.2 Å². The summed E-state index contributed by atoms with van der Waals surface area (Å²) < 4.78 is 5.51. The minimum atomic E-state index is -0.0142. The highest BCUT2D eigenvalue weighted by Gasteiger charge is 2.14. The second kappa shape index (κ2) is 7.11. The number of fused-ring (bicyclic) bond motifs is 1. The van der Waals surface area contributed by atoms with Crippen LogP contribution in [-0.4, -0.2) is 22.2 Å².